The Hall–Kier alpha value is -5.61. The summed E-state index contributed by atoms with van der Waals surface area (Å²) >= 11 is 0. The highest BCUT2D eigenvalue weighted by Gasteiger charge is 2.43. The Bertz CT molecular complexity index is 2390. The molecule has 1 aliphatic heterocycles. The number of rotatable bonds is 4. The molecule has 6 aromatic rings. The molecule has 0 bridgehead atoms. The van der Waals surface area contributed by atoms with Crippen LogP contribution in [0.25, 0.3) is 33.1 Å². The molecule has 0 unspecified atom stereocenters. The zero-order valence-electron chi connectivity index (χ0n) is 27.1. The van der Waals surface area contributed by atoms with E-state index in [1.807, 2.05) is 54.6 Å². The van der Waals surface area contributed by atoms with Gasteiger partial charge in [-0.05, 0) is 94.1 Å². The molecule has 2 aliphatic rings. The van der Waals surface area contributed by atoms with Gasteiger partial charge in [0, 0.05) is 16.5 Å². The summed E-state index contributed by atoms with van der Waals surface area (Å²) in [7, 11) is 0. The molecule has 8 rings (SSSR count). The summed E-state index contributed by atoms with van der Waals surface area (Å²) in [5, 5.41) is 1.15. The Balaban J connectivity index is 1.31. The van der Waals surface area contributed by atoms with Crippen LogP contribution in [0.3, 0.4) is 0 Å². The SMILES string of the molecule is C=CC1=C(C=C)C(C)(C)c2cc3c(cc2C1(C)C)Oc1cc(-c2ccc4c(=O)c5ccccc5oc4c2)ccc1N3c1ccccc1. The maximum atomic E-state index is 13.2. The maximum Gasteiger partial charge on any atom is 0.200 e. The molecule has 0 saturated carbocycles. The van der Waals surface area contributed by atoms with Gasteiger partial charge in [0.25, 0.3) is 0 Å². The second-order valence-electron chi connectivity index (χ2n) is 13.4. The Morgan fingerprint density at radius 1 is 0.617 bits per heavy atom. The molecular weight excluding hydrogens is 578 g/mol. The van der Waals surface area contributed by atoms with E-state index in [2.05, 4.69) is 100 Å². The Morgan fingerprint density at radius 2 is 1.21 bits per heavy atom. The van der Waals surface area contributed by atoms with Crippen molar-refractivity contribution < 1.29 is 9.15 Å². The van der Waals surface area contributed by atoms with Crippen molar-refractivity contribution in [2.24, 2.45) is 0 Å². The number of fused-ring (bicyclic) bond motifs is 5. The average Bonchev–Trinajstić information content (AvgIpc) is 3.08. The Labute approximate surface area is 274 Å². The molecule has 0 spiro atoms. The molecule has 1 aromatic heterocycles. The summed E-state index contributed by atoms with van der Waals surface area (Å²) in [4.78, 5) is 15.5. The first-order valence-corrected chi connectivity index (χ1v) is 16.0. The highest BCUT2D eigenvalue weighted by atomic mass is 16.5. The minimum atomic E-state index is -0.298. The highest BCUT2D eigenvalue weighted by Crippen LogP contribution is 2.57. The van der Waals surface area contributed by atoms with Crippen molar-refractivity contribution >= 4 is 39.0 Å². The monoisotopic (exact) mass is 613 g/mol. The minimum Gasteiger partial charge on any atom is -0.456 e. The zero-order chi connectivity index (χ0) is 32.7. The average molecular weight is 614 g/mol. The topological polar surface area (TPSA) is 42.7 Å². The van der Waals surface area contributed by atoms with Crippen LogP contribution < -0.4 is 15.1 Å². The lowest BCUT2D eigenvalue weighted by molar-refractivity contribution is 0.467. The zero-order valence-corrected chi connectivity index (χ0v) is 27.1. The molecule has 0 radical (unpaired) electrons. The van der Waals surface area contributed by atoms with E-state index in [1.54, 1.807) is 6.07 Å². The van der Waals surface area contributed by atoms with Gasteiger partial charge in [-0.1, -0.05) is 95.5 Å². The van der Waals surface area contributed by atoms with Gasteiger partial charge in [0.05, 0.1) is 22.1 Å². The third kappa shape index (κ3) is 4.18. The second-order valence-corrected chi connectivity index (χ2v) is 13.4. The smallest absolute Gasteiger partial charge is 0.200 e. The number of anilines is 3. The first-order chi connectivity index (χ1) is 22.6. The van der Waals surface area contributed by atoms with Crippen LogP contribution in [-0.2, 0) is 10.8 Å². The van der Waals surface area contributed by atoms with Crippen molar-refractivity contribution in [1.82, 2.24) is 0 Å². The number of nitrogens with zero attached hydrogens (tertiary/aromatic N) is 1. The van der Waals surface area contributed by atoms with Crippen LogP contribution in [0.1, 0.15) is 38.8 Å². The van der Waals surface area contributed by atoms with Gasteiger partial charge in [-0.25, -0.2) is 0 Å². The fourth-order valence-corrected chi connectivity index (χ4v) is 7.60. The van der Waals surface area contributed by atoms with Crippen molar-refractivity contribution in [1.29, 1.82) is 0 Å². The molecule has 4 nitrogen and oxygen atoms in total. The van der Waals surface area contributed by atoms with Crippen LogP contribution in [0.2, 0.25) is 0 Å². The van der Waals surface area contributed by atoms with Gasteiger partial charge in [-0.2, -0.15) is 0 Å². The van der Waals surface area contributed by atoms with Gasteiger partial charge < -0.3 is 14.1 Å². The van der Waals surface area contributed by atoms with Crippen molar-refractivity contribution in [2.75, 3.05) is 4.90 Å². The van der Waals surface area contributed by atoms with Crippen molar-refractivity contribution in [3.63, 3.8) is 0 Å². The van der Waals surface area contributed by atoms with Crippen molar-refractivity contribution in [3.8, 4) is 22.6 Å². The van der Waals surface area contributed by atoms with Crippen LogP contribution in [0, 0.1) is 0 Å². The fourth-order valence-electron chi connectivity index (χ4n) is 7.60. The quantitative estimate of drug-likeness (QED) is 0.185. The highest BCUT2D eigenvalue weighted by molar-refractivity contribution is 5.93. The normalized spacial score (nSPS) is 15.9. The molecule has 4 heteroatoms. The lowest BCUT2D eigenvalue weighted by Crippen LogP contribution is -2.36. The molecule has 1 aliphatic carbocycles. The Morgan fingerprint density at radius 3 is 1.94 bits per heavy atom. The maximum absolute atomic E-state index is 13.2. The van der Waals surface area contributed by atoms with Gasteiger partial charge >= 0.3 is 0 Å². The van der Waals surface area contributed by atoms with Crippen LogP contribution in [0.4, 0.5) is 17.1 Å². The molecule has 0 N–H and O–H groups in total. The van der Waals surface area contributed by atoms with Gasteiger partial charge in [0.1, 0.15) is 11.2 Å². The molecule has 0 atom stereocenters. The molecule has 0 fully saturated rings. The van der Waals surface area contributed by atoms with Gasteiger partial charge in [-0.3, -0.25) is 4.79 Å². The van der Waals surface area contributed by atoms with E-state index in [1.165, 1.54) is 22.3 Å². The van der Waals surface area contributed by atoms with Gasteiger partial charge in [-0.15, -0.1) is 0 Å². The molecule has 230 valence electrons. The Kier molecular flexibility index (Phi) is 6.26. The molecule has 0 amide bonds. The van der Waals surface area contributed by atoms with Crippen LogP contribution >= 0.6 is 0 Å². The number of para-hydroxylation sites is 2. The first kappa shape index (κ1) is 28.8. The molecule has 47 heavy (non-hydrogen) atoms. The third-order valence-electron chi connectivity index (χ3n) is 10.1. The van der Waals surface area contributed by atoms with Crippen LogP contribution in [-0.4, -0.2) is 0 Å². The summed E-state index contributed by atoms with van der Waals surface area (Å²) in [6.07, 6.45) is 3.97. The molecule has 2 heterocycles. The van der Waals surface area contributed by atoms with Crippen molar-refractivity contribution in [2.45, 2.75) is 38.5 Å². The number of ether oxygens (including phenoxy) is 1. The summed E-state index contributed by atoms with van der Waals surface area (Å²) in [6, 6.07) is 34.4. The predicted molar refractivity (Wildman–Crippen MR) is 194 cm³/mol. The summed E-state index contributed by atoms with van der Waals surface area (Å²) in [6.45, 7) is 17.4. The number of benzene rings is 5. The number of hydrogen-bond donors (Lipinski definition) is 0. The van der Waals surface area contributed by atoms with E-state index in [0.29, 0.717) is 21.9 Å². The predicted octanol–water partition coefficient (Wildman–Crippen LogP) is 11.4. The lowest BCUT2D eigenvalue weighted by Gasteiger charge is -2.45. The largest absolute Gasteiger partial charge is 0.456 e. The minimum absolute atomic E-state index is 0.0265. The first-order valence-electron chi connectivity index (χ1n) is 16.0. The van der Waals surface area contributed by atoms with E-state index in [0.717, 1.165) is 39.7 Å². The van der Waals surface area contributed by atoms with E-state index in [9.17, 15) is 4.79 Å². The lowest BCUT2D eigenvalue weighted by atomic mass is 9.59. The van der Waals surface area contributed by atoms with E-state index in [4.69, 9.17) is 9.15 Å². The molecule has 5 aromatic carbocycles. The molecule has 0 saturated heterocycles. The third-order valence-corrected chi connectivity index (χ3v) is 10.1. The summed E-state index contributed by atoms with van der Waals surface area (Å²) < 4.78 is 13.0. The number of allylic oxidation sites excluding steroid dienone is 4. The number of hydrogen-bond acceptors (Lipinski definition) is 4. The molecular formula is C43H35NO3. The van der Waals surface area contributed by atoms with Gasteiger partial charge in [0.2, 0.25) is 5.43 Å². The van der Waals surface area contributed by atoms with E-state index < -0.39 is 0 Å². The van der Waals surface area contributed by atoms with E-state index in [-0.39, 0.29) is 16.3 Å². The van der Waals surface area contributed by atoms with Crippen LogP contribution in [0.5, 0.6) is 11.5 Å². The summed E-state index contributed by atoms with van der Waals surface area (Å²) in [5.74, 6) is 1.54. The second kappa shape index (κ2) is 10.2. The standard InChI is InChI=1S/C43H35NO3/c1-7-31-32(8-2)43(5,6)34-25-40-36(24-33(34)42(31,3)4)44(28-14-10-9-11-15-28)35-21-19-27(23-39(35)47-40)26-18-20-30-38(22-26)46-37-17-13-12-16-29(37)41(30)45/h7-25H,1-2H2,3-6H3. The summed E-state index contributed by atoms with van der Waals surface area (Å²) in [5.41, 5.74) is 10.2. The van der Waals surface area contributed by atoms with Crippen LogP contribution in [0.15, 0.2) is 149 Å². The van der Waals surface area contributed by atoms with Gasteiger partial charge in [0.15, 0.2) is 11.5 Å². The fraction of sp³-hybridized carbons (Fsp3) is 0.140. The van der Waals surface area contributed by atoms with E-state index >= 15 is 0 Å². The van der Waals surface area contributed by atoms with Crippen molar-refractivity contribution in [3.05, 3.63) is 161 Å².